The van der Waals surface area contributed by atoms with E-state index in [1.165, 1.54) is 0 Å². The topological polar surface area (TPSA) is 36.1 Å². The average molecular weight is 298 g/mol. The van der Waals surface area contributed by atoms with Crippen molar-refractivity contribution in [3.63, 3.8) is 0 Å². The molecule has 0 bridgehead atoms. The molecule has 1 amide bonds. The Morgan fingerprint density at radius 1 is 1.14 bits per heavy atom. The minimum Gasteiger partial charge on any atom is -0.353 e. The third kappa shape index (κ3) is 2.90. The highest BCUT2D eigenvalue weighted by molar-refractivity contribution is 7.71. The summed E-state index contributed by atoms with van der Waals surface area (Å²) < 4.78 is 0.732. The summed E-state index contributed by atoms with van der Waals surface area (Å²) in [6.07, 6.45) is 4.99. The van der Waals surface area contributed by atoms with Gasteiger partial charge in [0.05, 0.1) is 6.04 Å². The van der Waals surface area contributed by atoms with Crippen LogP contribution in [0.15, 0.2) is 48.7 Å². The molecule has 2 heterocycles. The molecule has 1 saturated heterocycles. The number of hydrogen-bond donors (Lipinski definition) is 1. The van der Waals surface area contributed by atoms with E-state index in [2.05, 4.69) is 4.98 Å². The third-order valence-corrected chi connectivity index (χ3v) is 4.35. The second-order valence-corrected chi connectivity index (χ2v) is 5.74. The minimum atomic E-state index is 0.0800. The van der Waals surface area contributed by atoms with Gasteiger partial charge in [-0.05, 0) is 37.5 Å². The van der Waals surface area contributed by atoms with Crippen LogP contribution in [0.1, 0.15) is 41.2 Å². The number of likely N-dealkylation sites (tertiary alicyclic amines) is 1. The van der Waals surface area contributed by atoms with E-state index in [-0.39, 0.29) is 11.9 Å². The summed E-state index contributed by atoms with van der Waals surface area (Å²) in [5, 5.41) is 0. The van der Waals surface area contributed by atoms with Gasteiger partial charge < -0.3 is 9.88 Å². The molecule has 1 aliphatic rings. The largest absolute Gasteiger partial charge is 0.353 e. The highest BCUT2D eigenvalue weighted by Crippen LogP contribution is 2.32. The van der Waals surface area contributed by atoms with Gasteiger partial charge in [-0.2, -0.15) is 0 Å². The zero-order valence-electron chi connectivity index (χ0n) is 11.8. The van der Waals surface area contributed by atoms with Crippen LogP contribution in [0.2, 0.25) is 0 Å². The van der Waals surface area contributed by atoms with E-state index in [1.807, 2.05) is 53.6 Å². The minimum absolute atomic E-state index is 0.0800. The number of nitrogens with one attached hydrogen (secondary N) is 1. The maximum absolute atomic E-state index is 12.8. The zero-order chi connectivity index (χ0) is 14.7. The van der Waals surface area contributed by atoms with Crippen molar-refractivity contribution in [2.75, 3.05) is 6.54 Å². The Morgan fingerprint density at radius 2 is 1.95 bits per heavy atom. The number of pyridine rings is 1. The summed E-state index contributed by atoms with van der Waals surface area (Å²) in [4.78, 5) is 17.8. The van der Waals surface area contributed by atoms with E-state index in [9.17, 15) is 4.79 Å². The number of piperidine rings is 1. The number of carbonyl (C=O) groups excluding carboxylic acids is 1. The number of hydrogen-bond acceptors (Lipinski definition) is 2. The second kappa shape index (κ2) is 6.22. The van der Waals surface area contributed by atoms with Crippen molar-refractivity contribution in [2.45, 2.75) is 25.3 Å². The first-order valence-corrected chi connectivity index (χ1v) is 7.72. The summed E-state index contributed by atoms with van der Waals surface area (Å²) >= 11 is 5.40. The molecule has 0 saturated carbocycles. The molecule has 1 aromatic heterocycles. The summed E-state index contributed by atoms with van der Waals surface area (Å²) in [6.45, 7) is 0.794. The van der Waals surface area contributed by atoms with E-state index in [0.717, 1.165) is 41.6 Å². The van der Waals surface area contributed by atoms with E-state index >= 15 is 0 Å². The van der Waals surface area contributed by atoms with Crippen LogP contribution in [0.5, 0.6) is 0 Å². The van der Waals surface area contributed by atoms with E-state index in [0.29, 0.717) is 0 Å². The SMILES string of the molecule is O=C(c1ccccc1)N1CCCCC1c1ccc[nH]c1=S. The standard InChI is InChI=1S/C17H18N2OS/c20-17(13-7-2-1-3-8-13)19-12-5-4-10-15(19)14-9-6-11-18-16(14)21/h1-3,6-9,11,15H,4-5,10,12H2,(H,18,21). The van der Waals surface area contributed by atoms with Gasteiger partial charge in [-0.3, -0.25) is 4.79 Å². The molecule has 108 valence electrons. The van der Waals surface area contributed by atoms with Crippen molar-refractivity contribution in [3.8, 4) is 0 Å². The van der Waals surface area contributed by atoms with Gasteiger partial charge in [0.25, 0.3) is 5.91 Å². The Hall–Kier alpha value is -1.94. The van der Waals surface area contributed by atoms with Crippen LogP contribution in [-0.2, 0) is 0 Å². The van der Waals surface area contributed by atoms with Crippen molar-refractivity contribution >= 4 is 18.1 Å². The summed E-state index contributed by atoms with van der Waals surface area (Å²) in [5.41, 5.74) is 1.80. The van der Waals surface area contributed by atoms with Crippen LogP contribution >= 0.6 is 12.2 Å². The van der Waals surface area contributed by atoms with Crippen molar-refractivity contribution < 1.29 is 4.79 Å². The van der Waals surface area contributed by atoms with Crippen molar-refractivity contribution in [1.82, 2.24) is 9.88 Å². The number of benzene rings is 1. The fraction of sp³-hybridized carbons (Fsp3) is 0.294. The fourth-order valence-electron chi connectivity index (χ4n) is 2.94. The smallest absolute Gasteiger partial charge is 0.254 e. The molecule has 0 spiro atoms. The van der Waals surface area contributed by atoms with E-state index in [1.54, 1.807) is 0 Å². The van der Waals surface area contributed by atoms with Gasteiger partial charge in [0.15, 0.2) is 0 Å². The number of H-pyrrole nitrogens is 1. The Balaban J connectivity index is 1.94. The Labute approximate surface area is 129 Å². The fourth-order valence-corrected chi connectivity index (χ4v) is 3.21. The molecule has 3 nitrogen and oxygen atoms in total. The molecule has 3 rings (SSSR count). The maximum atomic E-state index is 12.8. The van der Waals surface area contributed by atoms with Crippen LogP contribution in [0.4, 0.5) is 0 Å². The second-order valence-electron chi connectivity index (χ2n) is 5.33. The first-order chi connectivity index (χ1) is 10.3. The molecule has 4 heteroatoms. The number of carbonyl (C=O) groups is 1. The average Bonchev–Trinajstić information content (AvgIpc) is 2.55. The Morgan fingerprint density at radius 3 is 2.71 bits per heavy atom. The molecule has 0 aliphatic carbocycles. The summed E-state index contributed by atoms with van der Waals surface area (Å²) in [7, 11) is 0. The van der Waals surface area contributed by atoms with Crippen LogP contribution in [0.3, 0.4) is 0 Å². The highest BCUT2D eigenvalue weighted by Gasteiger charge is 2.29. The zero-order valence-corrected chi connectivity index (χ0v) is 12.6. The molecule has 2 aromatic rings. The van der Waals surface area contributed by atoms with Gasteiger partial charge in [0.2, 0.25) is 0 Å². The van der Waals surface area contributed by atoms with Crippen LogP contribution in [-0.4, -0.2) is 22.3 Å². The van der Waals surface area contributed by atoms with Gasteiger partial charge in [0.1, 0.15) is 4.64 Å². The quantitative estimate of drug-likeness (QED) is 0.847. The molecule has 0 radical (unpaired) electrons. The van der Waals surface area contributed by atoms with Gasteiger partial charge in [0, 0.05) is 23.9 Å². The van der Waals surface area contributed by atoms with Crippen molar-refractivity contribution in [3.05, 3.63) is 64.4 Å². The first kappa shape index (κ1) is 14.0. The number of nitrogens with zero attached hydrogens (tertiary/aromatic N) is 1. The van der Waals surface area contributed by atoms with Gasteiger partial charge in [-0.1, -0.05) is 36.5 Å². The molecular weight excluding hydrogens is 280 g/mol. The normalized spacial score (nSPS) is 18.5. The predicted octanol–water partition coefficient (Wildman–Crippen LogP) is 4.11. The number of rotatable bonds is 2. The molecule has 1 aliphatic heterocycles. The molecule has 1 N–H and O–H groups in total. The van der Waals surface area contributed by atoms with Crippen LogP contribution in [0, 0.1) is 4.64 Å². The van der Waals surface area contributed by atoms with Crippen LogP contribution in [0.25, 0.3) is 0 Å². The highest BCUT2D eigenvalue weighted by atomic mass is 32.1. The summed E-state index contributed by atoms with van der Waals surface area (Å²) in [5.74, 6) is 0.0959. The van der Waals surface area contributed by atoms with E-state index in [4.69, 9.17) is 12.2 Å². The van der Waals surface area contributed by atoms with Gasteiger partial charge >= 0.3 is 0 Å². The molecule has 1 unspecified atom stereocenters. The lowest BCUT2D eigenvalue weighted by Gasteiger charge is -2.36. The van der Waals surface area contributed by atoms with Crippen molar-refractivity contribution in [2.24, 2.45) is 0 Å². The van der Waals surface area contributed by atoms with Gasteiger partial charge in [-0.25, -0.2) is 0 Å². The van der Waals surface area contributed by atoms with Crippen LogP contribution < -0.4 is 0 Å². The lowest BCUT2D eigenvalue weighted by molar-refractivity contribution is 0.0610. The number of aromatic amines is 1. The predicted molar refractivity (Wildman–Crippen MR) is 85.7 cm³/mol. The first-order valence-electron chi connectivity index (χ1n) is 7.31. The lowest BCUT2D eigenvalue weighted by Crippen LogP contribution is -2.38. The molecular formula is C17H18N2OS. The van der Waals surface area contributed by atoms with E-state index < -0.39 is 0 Å². The monoisotopic (exact) mass is 298 g/mol. The number of aromatic nitrogens is 1. The number of amides is 1. The summed E-state index contributed by atoms with van der Waals surface area (Å²) in [6, 6.07) is 13.5. The molecule has 1 fully saturated rings. The Kier molecular flexibility index (Phi) is 4.15. The third-order valence-electron chi connectivity index (χ3n) is 3.99. The lowest BCUT2D eigenvalue weighted by atomic mass is 9.95. The Bertz CT molecular complexity index is 680. The maximum Gasteiger partial charge on any atom is 0.254 e. The molecule has 21 heavy (non-hydrogen) atoms. The molecule has 1 aromatic carbocycles. The van der Waals surface area contributed by atoms with Crippen molar-refractivity contribution in [1.29, 1.82) is 0 Å². The molecule has 1 atom stereocenters. The van der Waals surface area contributed by atoms with Gasteiger partial charge in [-0.15, -0.1) is 0 Å².